The SMILES string of the molecule is CC(C)NC(=O)Cn1cc(CN2CCCC(CN3CCCC3=O)C2)c2ccccc21. The van der Waals surface area contributed by atoms with Gasteiger partial charge in [-0.2, -0.15) is 0 Å². The molecule has 1 N–H and O–H groups in total. The molecule has 0 spiro atoms. The summed E-state index contributed by atoms with van der Waals surface area (Å²) in [6.45, 7) is 9.18. The quantitative estimate of drug-likeness (QED) is 0.763. The number of carbonyl (C=O) groups excluding carboxylic acids is 2. The maximum Gasteiger partial charge on any atom is 0.240 e. The number of rotatable bonds is 7. The summed E-state index contributed by atoms with van der Waals surface area (Å²) in [6.07, 6.45) is 6.28. The van der Waals surface area contributed by atoms with E-state index in [9.17, 15) is 9.59 Å². The Morgan fingerprint density at radius 3 is 2.80 bits per heavy atom. The van der Waals surface area contributed by atoms with E-state index >= 15 is 0 Å². The second-order valence-electron chi connectivity index (χ2n) is 9.21. The number of hydrogen-bond acceptors (Lipinski definition) is 3. The van der Waals surface area contributed by atoms with Crippen molar-refractivity contribution in [3.05, 3.63) is 36.0 Å². The first-order chi connectivity index (χ1) is 14.5. The summed E-state index contributed by atoms with van der Waals surface area (Å²) < 4.78 is 2.08. The standard InChI is InChI=1S/C24H34N4O2/c1-18(2)25-23(29)17-28-16-20(21-8-3-4-9-22(21)28)15-26-11-5-7-19(13-26)14-27-12-6-10-24(27)30/h3-4,8-9,16,18-19H,5-7,10-15,17H2,1-2H3,(H,25,29). The van der Waals surface area contributed by atoms with Crippen molar-refractivity contribution in [3.8, 4) is 0 Å². The molecule has 0 bridgehead atoms. The van der Waals surface area contributed by atoms with Gasteiger partial charge < -0.3 is 14.8 Å². The second kappa shape index (κ2) is 9.21. The van der Waals surface area contributed by atoms with Crippen LogP contribution in [0.1, 0.15) is 45.1 Å². The van der Waals surface area contributed by atoms with Gasteiger partial charge in [0, 0.05) is 55.7 Å². The van der Waals surface area contributed by atoms with E-state index < -0.39 is 0 Å². The largest absolute Gasteiger partial charge is 0.352 e. The molecule has 1 unspecified atom stereocenters. The molecule has 0 saturated carbocycles. The number of piperidine rings is 1. The van der Waals surface area contributed by atoms with Crippen LogP contribution in [0.5, 0.6) is 0 Å². The van der Waals surface area contributed by atoms with Crippen LogP contribution in [0, 0.1) is 5.92 Å². The smallest absolute Gasteiger partial charge is 0.240 e. The van der Waals surface area contributed by atoms with Gasteiger partial charge in [-0.25, -0.2) is 0 Å². The highest BCUT2D eigenvalue weighted by Crippen LogP contribution is 2.26. The molecule has 3 heterocycles. The van der Waals surface area contributed by atoms with Crippen LogP contribution in [0.25, 0.3) is 10.9 Å². The van der Waals surface area contributed by atoms with E-state index in [1.165, 1.54) is 23.8 Å². The number of hydrogen-bond donors (Lipinski definition) is 1. The first kappa shape index (κ1) is 20.9. The Balaban J connectivity index is 1.45. The van der Waals surface area contributed by atoms with E-state index in [0.29, 0.717) is 18.4 Å². The van der Waals surface area contributed by atoms with E-state index in [-0.39, 0.29) is 11.9 Å². The molecule has 6 nitrogen and oxygen atoms in total. The van der Waals surface area contributed by atoms with Crippen molar-refractivity contribution in [1.29, 1.82) is 0 Å². The van der Waals surface area contributed by atoms with Gasteiger partial charge in [-0.15, -0.1) is 0 Å². The predicted molar refractivity (Wildman–Crippen MR) is 119 cm³/mol. The number of fused-ring (bicyclic) bond motifs is 1. The number of nitrogens with zero attached hydrogens (tertiary/aromatic N) is 3. The van der Waals surface area contributed by atoms with Crippen LogP contribution in [0.4, 0.5) is 0 Å². The Morgan fingerprint density at radius 1 is 1.20 bits per heavy atom. The lowest BCUT2D eigenvalue weighted by atomic mass is 9.97. The number of likely N-dealkylation sites (tertiary alicyclic amines) is 2. The van der Waals surface area contributed by atoms with Crippen molar-refractivity contribution in [2.75, 3.05) is 26.2 Å². The average molecular weight is 411 g/mol. The van der Waals surface area contributed by atoms with Crippen molar-refractivity contribution in [2.24, 2.45) is 5.92 Å². The fourth-order valence-corrected chi connectivity index (χ4v) is 5.00. The summed E-state index contributed by atoms with van der Waals surface area (Å²) >= 11 is 0. The van der Waals surface area contributed by atoms with E-state index in [2.05, 4.69) is 44.1 Å². The average Bonchev–Trinajstić information content (AvgIpc) is 3.25. The number of nitrogens with one attached hydrogen (secondary N) is 1. The van der Waals surface area contributed by atoms with Crippen LogP contribution in [0.3, 0.4) is 0 Å². The highest BCUT2D eigenvalue weighted by molar-refractivity contribution is 5.86. The van der Waals surface area contributed by atoms with Gasteiger partial charge in [-0.05, 0) is 57.2 Å². The van der Waals surface area contributed by atoms with E-state index in [0.717, 1.165) is 51.1 Å². The Bertz CT molecular complexity index is 904. The lowest BCUT2D eigenvalue weighted by Gasteiger charge is -2.34. The number of carbonyl (C=O) groups is 2. The monoisotopic (exact) mass is 410 g/mol. The van der Waals surface area contributed by atoms with E-state index in [1.807, 2.05) is 19.9 Å². The molecule has 0 radical (unpaired) electrons. The molecule has 162 valence electrons. The number of aromatic nitrogens is 1. The second-order valence-corrected chi connectivity index (χ2v) is 9.21. The minimum Gasteiger partial charge on any atom is -0.352 e. The van der Waals surface area contributed by atoms with Crippen molar-refractivity contribution >= 4 is 22.7 Å². The topological polar surface area (TPSA) is 57.6 Å². The highest BCUT2D eigenvalue weighted by atomic mass is 16.2. The summed E-state index contributed by atoms with van der Waals surface area (Å²) in [4.78, 5) is 28.9. The minimum absolute atomic E-state index is 0.0469. The Labute approximate surface area is 179 Å². The van der Waals surface area contributed by atoms with Gasteiger partial charge >= 0.3 is 0 Å². The lowest BCUT2D eigenvalue weighted by Crippen LogP contribution is -2.41. The van der Waals surface area contributed by atoms with Crippen LogP contribution in [0.15, 0.2) is 30.5 Å². The van der Waals surface area contributed by atoms with Crippen molar-refractivity contribution in [1.82, 2.24) is 19.7 Å². The molecule has 30 heavy (non-hydrogen) atoms. The number of para-hydroxylation sites is 1. The molecule has 4 rings (SSSR count). The molecule has 2 aliphatic heterocycles. The summed E-state index contributed by atoms with van der Waals surface area (Å²) in [7, 11) is 0. The van der Waals surface area contributed by atoms with Gasteiger partial charge in [0.15, 0.2) is 0 Å². The first-order valence-corrected chi connectivity index (χ1v) is 11.4. The van der Waals surface area contributed by atoms with E-state index in [4.69, 9.17) is 0 Å². The number of benzene rings is 1. The Hall–Kier alpha value is -2.34. The molecule has 6 heteroatoms. The van der Waals surface area contributed by atoms with Crippen LogP contribution >= 0.6 is 0 Å². The summed E-state index contributed by atoms with van der Waals surface area (Å²) in [6, 6.07) is 8.51. The van der Waals surface area contributed by atoms with E-state index in [1.54, 1.807) is 0 Å². The molecule has 2 saturated heterocycles. The zero-order valence-corrected chi connectivity index (χ0v) is 18.3. The van der Waals surface area contributed by atoms with Gasteiger partial charge in [0.1, 0.15) is 6.54 Å². The van der Waals surface area contributed by atoms with Crippen LogP contribution in [-0.4, -0.2) is 58.4 Å². The van der Waals surface area contributed by atoms with Gasteiger partial charge in [0.2, 0.25) is 11.8 Å². The third-order valence-electron chi connectivity index (χ3n) is 6.28. The van der Waals surface area contributed by atoms with Crippen LogP contribution in [0.2, 0.25) is 0 Å². The van der Waals surface area contributed by atoms with Crippen LogP contribution < -0.4 is 5.32 Å². The van der Waals surface area contributed by atoms with Crippen molar-refractivity contribution in [2.45, 2.75) is 58.7 Å². The predicted octanol–water partition coefficient (Wildman–Crippen LogP) is 3.00. The highest BCUT2D eigenvalue weighted by Gasteiger charge is 2.27. The van der Waals surface area contributed by atoms with Crippen molar-refractivity contribution in [3.63, 3.8) is 0 Å². The lowest BCUT2D eigenvalue weighted by molar-refractivity contribution is -0.128. The maximum absolute atomic E-state index is 12.3. The zero-order valence-electron chi connectivity index (χ0n) is 18.3. The molecule has 2 aromatic rings. The van der Waals surface area contributed by atoms with Gasteiger partial charge in [-0.3, -0.25) is 14.5 Å². The van der Waals surface area contributed by atoms with Gasteiger partial charge in [0.05, 0.1) is 0 Å². The molecular formula is C24H34N4O2. The Morgan fingerprint density at radius 2 is 2.03 bits per heavy atom. The van der Waals surface area contributed by atoms with Gasteiger partial charge in [-0.1, -0.05) is 18.2 Å². The number of amides is 2. The third-order valence-corrected chi connectivity index (χ3v) is 6.28. The fraction of sp³-hybridized carbons (Fsp3) is 0.583. The molecule has 0 aliphatic carbocycles. The first-order valence-electron chi connectivity index (χ1n) is 11.4. The van der Waals surface area contributed by atoms with Crippen LogP contribution in [-0.2, 0) is 22.7 Å². The minimum atomic E-state index is 0.0469. The van der Waals surface area contributed by atoms with Crippen molar-refractivity contribution < 1.29 is 9.59 Å². The molecule has 1 atom stereocenters. The third kappa shape index (κ3) is 4.86. The summed E-state index contributed by atoms with van der Waals surface area (Å²) in [5, 5.41) is 4.22. The van der Waals surface area contributed by atoms with Gasteiger partial charge in [0.25, 0.3) is 0 Å². The summed E-state index contributed by atoms with van der Waals surface area (Å²) in [5.41, 5.74) is 2.39. The fourth-order valence-electron chi connectivity index (χ4n) is 5.00. The normalized spacial score (nSPS) is 20.4. The Kier molecular flexibility index (Phi) is 6.42. The maximum atomic E-state index is 12.3. The molecule has 1 aromatic carbocycles. The molecule has 2 fully saturated rings. The zero-order chi connectivity index (χ0) is 21.1. The molecule has 2 amide bonds. The molecular weight excluding hydrogens is 376 g/mol. The summed E-state index contributed by atoms with van der Waals surface area (Å²) in [5.74, 6) is 0.937. The molecule has 1 aromatic heterocycles. The molecule has 2 aliphatic rings.